The van der Waals surface area contributed by atoms with Crippen LogP contribution in [-0.4, -0.2) is 5.91 Å². The summed E-state index contributed by atoms with van der Waals surface area (Å²) in [5.41, 5.74) is 6.27. The zero-order valence-electron chi connectivity index (χ0n) is 12.1. The highest BCUT2D eigenvalue weighted by molar-refractivity contribution is 5.92. The monoisotopic (exact) mass is 322 g/mol. The third-order valence-corrected chi connectivity index (χ3v) is 2.80. The van der Waals surface area contributed by atoms with Crippen LogP contribution in [0, 0.1) is 0 Å². The van der Waals surface area contributed by atoms with Crippen LogP contribution in [0.5, 0.6) is 0 Å². The number of nitrogens with two attached hydrogens (primary N) is 1. The van der Waals surface area contributed by atoms with Crippen LogP contribution in [0.25, 0.3) is 0 Å². The Morgan fingerprint density at radius 2 is 1.74 bits per heavy atom. The summed E-state index contributed by atoms with van der Waals surface area (Å²) in [5.74, 6) is -0.304. The van der Waals surface area contributed by atoms with Gasteiger partial charge < -0.3 is 11.1 Å². The van der Waals surface area contributed by atoms with E-state index in [1.165, 1.54) is 25.1 Å². The maximum absolute atomic E-state index is 12.5. The number of halogens is 3. The van der Waals surface area contributed by atoms with Gasteiger partial charge in [0, 0.05) is 12.6 Å². The number of benzene rings is 2. The van der Waals surface area contributed by atoms with Crippen LogP contribution in [0.3, 0.4) is 0 Å². The summed E-state index contributed by atoms with van der Waals surface area (Å²) >= 11 is 0. The molecule has 5 nitrogen and oxygen atoms in total. The fraction of sp³-hybridized carbons (Fsp3) is 0.133. The molecule has 0 aliphatic carbocycles. The molecule has 0 aromatic heterocycles. The summed E-state index contributed by atoms with van der Waals surface area (Å²) in [6, 6.07) is 8.91. The molecule has 1 amide bonds. The SMILES string of the molecule is CC(=O)Nc1cc(N)ccc1/N=N/c1ccc(C(F)(F)F)cc1. The standard InChI is InChI=1S/C15H13F3N4O/c1-9(23)20-14-8-11(19)4-7-13(14)22-21-12-5-2-10(3-6-12)15(16,17)18/h2-8H,19H2,1H3,(H,20,23)/b22-21+. The molecule has 0 bridgehead atoms. The van der Waals surface area contributed by atoms with E-state index in [0.717, 1.165) is 12.1 Å². The van der Waals surface area contributed by atoms with Gasteiger partial charge in [-0.05, 0) is 42.5 Å². The highest BCUT2D eigenvalue weighted by atomic mass is 19.4. The van der Waals surface area contributed by atoms with Crippen molar-refractivity contribution in [1.82, 2.24) is 0 Å². The number of rotatable bonds is 3. The van der Waals surface area contributed by atoms with Crippen LogP contribution in [0.1, 0.15) is 12.5 Å². The van der Waals surface area contributed by atoms with Gasteiger partial charge in [0.05, 0.1) is 16.9 Å². The smallest absolute Gasteiger partial charge is 0.399 e. The van der Waals surface area contributed by atoms with Gasteiger partial charge in [-0.15, -0.1) is 5.11 Å². The first-order valence-corrected chi connectivity index (χ1v) is 6.52. The van der Waals surface area contributed by atoms with Gasteiger partial charge >= 0.3 is 6.18 Å². The number of nitrogen functional groups attached to an aromatic ring is 1. The van der Waals surface area contributed by atoms with E-state index in [1.54, 1.807) is 12.1 Å². The zero-order valence-corrected chi connectivity index (χ0v) is 12.1. The van der Waals surface area contributed by atoms with Gasteiger partial charge in [-0.25, -0.2) is 0 Å². The van der Waals surface area contributed by atoms with Crippen LogP contribution in [0.15, 0.2) is 52.7 Å². The van der Waals surface area contributed by atoms with Crippen molar-refractivity contribution < 1.29 is 18.0 Å². The predicted molar refractivity (Wildman–Crippen MR) is 80.8 cm³/mol. The molecule has 0 heterocycles. The number of amides is 1. The van der Waals surface area contributed by atoms with Crippen molar-refractivity contribution in [2.45, 2.75) is 13.1 Å². The first-order valence-electron chi connectivity index (χ1n) is 6.52. The van der Waals surface area contributed by atoms with E-state index in [-0.39, 0.29) is 11.6 Å². The van der Waals surface area contributed by atoms with Gasteiger partial charge in [-0.3, -0.25) is 4.79 Å². The summed E-state index contributed by atoms with van der Waals surface area (Å²) in [7, 11) is 0. The molecule has 0 aliphatic rings. The van der Waals surface area contributed by atoms with Crippen LogP contribution < -0.4 is 11.1 Å². The molecule has 8 heteroatoms. The summed E-state index contributed by atoms with van der Waals surface area (Å²) in [5, 5.41) is 10.4. The average Bonchev–Trinajstić information content (AvgIpc) is 2.45. The Kier molecular flexibility index (Phi) is 4.63. The topological polar surface area (TPSA) is 79.8 Å². The molecule has 0 spiro atoms. The highest BCUT2D eigenvalue weighted by Gasteiger charge is 2.29. The number of hydrogen-bond donors (Lipinski definition) is 2. The molecule has 2 aromatic carbocycles. The third-order valence-electron chi connectivity index (χ3n) is 2.80. The second-order valence-corrected chi connectivity index (χ2v) is 4.70. The molecule has 0 fully saturated rings. The van der Waals surface area contributed by atoms with Crippen molar-refractivity contribution in [3.8, 4) is 0 Å². The summed E-state index contributed by atoms with van der Waals surface area (Å²) in [6.45, 7) is 1.33. The van der Waals surface area contributed by atoms with Gasteiger partial charge in [0.25, 0.3) is 0 Å². The maximum atomic E-state index is 12.5. The Balaban J connectivity index is 2.24. The lowest BCUT2D eigenvalue weighted by Crippen LogP contribution is -2.06. The highest BCUT2D eigenvalue weighted by Crippen LogP contribution is 2.32. The Hall–Kier alpha value is -2.90. The quantitative estimate of drug-likeness (QED) is 0.636. The number of nitrogens with zero attached hydrogens (tertiary/aromatic N) is 2. The van der Waals surface area contributed by atoms with Crippen LogP contribution >= 0.6 is 0 Å². The van der Waals surface area contributed by atoms with E-state index in [1.807, 2.05) is 0 Å². The normalized spacial score (nSPS) is 11.7. The van der Waals surface area contributed by atoms with Crippen molar-refractivity contribution in [1.29, 1.82) is 0 Å². The molecular weight excluding hydrogens is 309 g/mol. The number of alkyl halides is 3. The number of nitrogens with one attached hydrogen (secondary N) is 1. The Labute approximate surface area is 130 Å². The minimum absolute atomic E-state index is 0.253. The molecule has 0 unspecified atom stereocenters. The van der Waals surface area contributed by atoms with E-state index in [2.05, 4.69) is 15.5 Å². The number of azo groups is 1. The Morgan fingerprint density at radius 1 is 1.09 bits per heavy atom. The lowest BCUT2D eigenvalue weighted by atomic mass is 10.2. The Morgan fingerprint density at radius 3 is 2.30 bits per heavy atom. The van der Waals surface area contributed by atoms with Gasteiger partial charge in [-0.1, -0.05) is 0 Å². The van der Waals surface area contributed by atoms with Gasteiger partial charge in [0.2, 0.25) is 5.91 Å². The minimum atomic E-state index is -4.40. The molecule has 23 heavy (non-hydrogen) atoms. The summed E-state index contributed by atoms with van der Waals surface area (Å²) in [4.78, 5) is 11.2. The molecule has 3 N–H and O–H groups in total. The molecule has 2 aromatic rings. The van der Waals surface area contributed by atoms with Crippen LogP contribution in [0.4, 0.5) is 35.9 Å². The van der Waals surface area contributed by atoms with Crippen molar-refractivity contribution in [2.24, 2.45) is 10.2 Å². The van der Waals surface area contributed by atoms with Gasteiger partial charge in [0.15, 0.2) is 0 Å². The second kappa shape index (κ2) is 6.47. The summed E-state index contributed by atoms with van der Waals surface area (Å²) < 4.78 is 37.4. The van der Waals surface area contributed by atoms with Crippen molar-refractivity contribution in [2.75, 3.05) is 11.1 Å². The second-order valence-electron chi connectivity index (χ2n) is 4.70. The molecule has 2 rings (SSSR count). The number of anilines is 2. The molecule has 0 radical (unpaired) electrons. The first-order chi connectivity index (χ1) is 10.8. The molecule has 0 atom stereocenters. The number of hydrogen-bond acceptors (Lipinski definition) is 4. The van der Waals surface area contributed by atoms with Crippen LogP contribution in [-0.2, 0) is 11.0 Å². The van der Waals surface area contributed by atoms with E-state index < -0.39 is 11.7 Å². The largest absolute Gasteiger partial charge is 0.416 e. The first kappa shape index (κ1) is 16.5. The average molecular weight is 322 g/mol. The molecule has 0 saturated heterocycles. The lowest BCUT2D eigenvalue weighted by molar-refractivity contribution is -0.137. The summed E-state index contributed by atoms with van der Waals surface area (Å²) in [6.07, 6.45) is -4.40. The van der Waals surface area contributed by atoms with E-state index in [4.69, 9.17) is 5.73 Å². The predicted octanol–water partition coefficient (Wildman–Crippen LogP) is 4.66. The fourth-order valence-electron chi connectivity index (χ4n) is 1.76. The van der Waals surface area contributed by atoms with Crippen molar-refractivity contribution >= 4 is 28.7 Å². The van der Waals surface area contributed by atoms with Crippen LogP contribution in [0.2, 0.25) is 0 Å². The molecule has 0 aliphatic heterocycles. The minimum Gasteiger partial charge on any atom is -0.399 e. The molecule has 0 saturated carbocycles. The van der Waals surface area contributed by atoms with Crippen molar-refractivity contribution in [3.63, 3.8) is 0 Å². The third kappa shape index (κ3) is 4.53. The number of carbonyl (C=O) groups excluding carboxylic acids is 1. The molecular formula is C15H13F3N4O. The van der Waals surface area contributed by atoms with E-state index in [9.17, 15) is 18.0 Å². The number of carbonyl (C=O) groups is 1. The van der Waals surface area contributed by atoms with E-state index >= 15 is 0 Å². The van der Waals surface area contributed by atoms with Crippen molar-refractivity contribution in [3.05, 3.63) is 48.0 Å². The Bertz CT molecular complexity index is 739. The zero-order chi connectivity index (χ0) is 17.0. The van der Waals surface area contributed by atoms with E-state index in [0.29, 0.717) is 17.1 Å². The lowest BCUT2D eigenvalue weighted by Gasteiger charge is -2.07. The fourth-order valence-corrected chi connectivity index (χ4v) is 1.76. The van der Waals surface area contributed by atoms with Gasteiger partial charge in [-0.2, -0.15) is 18.3 Å². The van der Waals surface area contributed by atoms with Gasteiger partial charge in [0.1, 0.15) is 5.69 Å². The maximum Gasteiger partial charge on any atom is 0.416 e. The molecule has 120 valence electrons.